The Hall–Kier alpha value is -2.76. The Bertz CT molecular complexity index is 622. The van der Waals surface area contributed by atoms with E-state index in [1.165, 1.54) is 0 Å². The number of carbonyl (C=O) groups is 2. The van der Waals surface area contributed by atoms with Gasteiger partial charge in [-0.3, -0.25) is 9.69 Å². The third-order valence-corrected chi connectivity index (χ3v) is 2.82. The van der Waals surface area contributed by atoms with Crippen molar-refractivity contribution in [3.63, 3.8) is 0 Å². The molecule has 0 unspecified atom stereocenters. The van der Waals surface area contributed by atoms with Gasteiger partial charge < -0.3 is 14.8 Å². The van der Waals surface area contributed by atoms with Crippen LogP contribution in [0.25, 0.3) is 0 Å². The predicted molar refractivity (Wildman–Crippen MR) is 77.1 cm³/mol. The van der Waals surface area contributed by atoms with Gasteiger partial charge in [-0.25, -0.2) is 4.79 Å². The van der Waals surface area contributed by atoms with Crippen molar-refractivity contribution in [1.82, 2.24) is 5.32 Å². The molecular formula is C15H16N2O4. The molecule has 0 spiro atoms. The fraction of sp³-hybridized carbons (Fsp3) is 0.200. The number of carbonyl (C=O) groups excluding carboxylic acids is 1. The molecule has 21 heavy (non-hydrogen) atoms. The average Bonchev–Trinajstić information content (AvgIpc) is 2.88. The van der Waals surface area contributed by atoms with Gasteiger partial charge in [-0.15, -0.1) is 0 Å². The van der Waals surface area contributed by atoms with Gasteiger partial charge in [-0.05, 0) is 31.2 Å². The van der Waals surface area contributed by atoms with Crippen LogP contribution in [0.15, 0.2) is 46.9 Å². The Morgan fingerprint density at radius 1 is 1.19 bits per heavy atom. The smallest absolute Gasteiger partial charge is 0.323 e. The Morgan fingerprint density at radius 2 is 1.90 bits per heavy atom. The van der Waals surface area contributed by atoms with E-state index in [0.717, 1.165) is 10.7 Å². The van der Waals surface area contributed by atoms with Crippen molar-refractivity contribution in [1.29, 1.82) is 0 Å². The third-order valence-electron chi connectivity index (χ3n) is 2.82. The maximum Gasteiger partial charge on any atom is 0.323 e. The molecule has 2 amide bonds. The minimum atomic E-state index is -1.08. The summed E-state index contributed by atoms with van der Waals surface area (Å²) in [6, 6.07) is 11.7. The zero-order valence-electron chi connectivity index (χ0n) is 11.6. The van der Waals surface area contributed by atoms with E-state index in [1.807, 2.05) is 6.92 Å². The number of para-hydroxylation sites is 1. The topological polar surface area (TPSA) is 82.8 Å². The zero-order chi connectivity index (χ0) is 15.2. The summed E-state index contributed by atoms with van der Waals surface area (Å²) in [6.07, 6.45) is 0. The Morgan fingerprint density at radius 3 is 2.48 bits per heavy atom. The first-order valence-corrected chi connectivity index (χ1v) is 6.44. The molecule has 2 N–H and O–H groups in total. The van der Waals surface area contributed by atoms with Gasteiger partial charge in [0.05, 0.1) is 6.54 Å². The van der Waals surface area contributed by atoms with Crippen LogP contribution >= 0.6 is 0 Å². The van der Waals surface area contributed by atoms with Crippen molar-refractivity contribution in [2.75, 3.05) is 11.4 Å². The molecule has 2 aromatic rings. The van der Waals surface area contributed by atoms with Crippen molar-refractivity contribution >= 4 is 17.7 Å². The first-order valence-electron chi connectivity index (χ1n) is 6.44. The molecule has 0 saturated carbocycles. The molecule has 0 aliphatic rings. The Balaban J connectivity index is 2.05. The van der Waals surface area contributed by atoms with E-state index >= 15 is 0 Å². The van der Waals surface area contributed by atoms with Crippen LogP contribution in [-0.2, 0) is 11.3 Å². The maximum absolute atomic E-state index is 12.2. The minimum Gasteiger partial charge on any atom is -0.480 e. The van der Waals surface area contributed by atoms with Gasteiger partial charge in [-0.1, -0.05) is 18.2 Å². The summed E-state index contributed by atoms with van der Waals surface area (Å²) in [4.78, 5) is 24.3. The first kappa shape index (κ1) is 14.6. The van der Waals surface area contributed by atoms with Crippen LogP contribution < -0.4 is 10.2 Å². The summed E-state index contributed by atoms with van der Waals surface area (Å²) in [5, 5.41) is 11.6. The van der Waals surface area contributed by atoms with Gasteiger partial charge in [0.1, 0.15) is 18.1 Å². The van der Waals surface area contributed by atoms with Crippen LogP contribution in [0.2, 0.25) is 0 Å². The number of hydrogen-bond donors (Lipinski definition) is 2. The van der Waals surface area contributed by atoms with Gasteiger partial charge in [0.2, 0.25) is 0 Å². The summed E-state index contributed by atoms with van der Waals surface area (Å²) in [5.41, 5.74) is 0.521. The highest BCUT2D eigenvalue weighted by Crippen LogP contribution is 2.13. The maximum atomic E-state index is 12.2. The molecule has 0 bridgehead atoms. The lowest BCUT2D eigenvalue weighted by molar-refractivity contribution is -0.135. The predicted octanol–water partition coefficient (Wildman–Crippen LogP) is 2.39. The molecule has 1 heterocycles. The zero-order valence-corrected chi connectivity index (χ0v) is 11.6. The van der Waals surface area contributed by atoms with Crippen molar-refractivity contribution in [3.8, 4) is 0 Å². The quantitative estimate of drug-likeness (QED) is 0.885. The highest BCUT2D eigenvalue weighted by molar-refractivity contribution is 5.96. The Kier molecular flexibility index (Phi) is 4.61. The van der Waals surface area contributed by atoms with E-state index in [2.05, 4.69) is 5.32 Å². The number of aryl methyl sites for hydroxylation is 1. The van der Waals surface area contributed by atoms with Crippen LogP contribution in [0.1, 0.15) is 11.5 Å². The molecule has 0 saturated heterocycles. The van der Waals surface area contributed by atoms with Gasteiger partial charge in [0.15, 0.2) is 0 Å². The fourth-order valence-corrected chi connectivity index (χ4v) is 1.86. The van der Waals surface area contributed by atoms with Crippen LogP contribution in [0.5, 0.6) is 0 Å². The van der Waals surface area contributed by atoms with Gasteiger partial charge in [0.25, 0.3) is 0 Å². The third kappa shape index (κ3) is 4.10. The molecule has 0 fully saturated rings. The van der Waals surface area contributed by atoms with E-state index < -0.39 is 18.5 Å². The van der Waals surface area contributed by atoms with Crippen molar-refractivity contribution in [3.05, 3.63) is 54.0 Å². The molecule has 6 nitrogen and oxygen atoms in total. The fourth-order valence-electron chi connectivity index (χ4n) is 1.86. The van der Waals surface area contributed by atoms with Crippen LogP contribution in [0.4, 0.5) is 10.5 Å². The van der Waals surface area contributed by atoms with E-state index in [0.29, 0.717) is 11.4 Å². The van der Waals surface area contributed by atoms with E-state index in [-0.39, 0.29) is 6.54 Å². The van der Waals surface area contributed by atoms with Gasteiger partial charge >= 0.3 is 12.0 Å². The number of benzene rings is 1. The number of carboxylic acid groups (broad SMARTS) is 1. The SMILES string of the molecule is Cc1ccc(CNC(=O)N(CC(=O)O)c2ccccc2)o1. The lowest BCUT2D eigenvalue weighted by atomic mass is 10.3. The van der Waals surface area contributed by atoms with Crippen molar-refractivity contribution in [2.45, 2.75) is 13.5 Å². The number of hydrogen-bond acceptors (Lipinski definition) is 3. The number of rotatable bonds is 5. The molecule has 0 radical (unpaired) electrons. The largest absolute Gasteiger partial charge is 0.480 e. The monoisotopic (exact) mass is 288 g/mol. The number of nitrogens with one attached hydrogen (secondary N) is 1. The number of amides is 2. The average molecular weight is 288 g/mol. The number of furan rings is 1. The van der Waals surface area contributed by atoms with E-state index in [1.54, 1.807) is 42.5 Å². The lowest BCUT2D eigenvalue weighted by Gasteiger charge is -2.21. The molecule has 110 valence electrons. The van der Waals surface area contributed by atoms with Crippen LogP contribution in [-0.4, -0.2) is 23.7 Å². The summed E-state index contributed by atoms with van der Waals surface area (Å²) < 4.78 is 5.35. The standard InChI is InChI=1S/C15H16N2O4/c1-11-7-8-13(21-11)9-16-15(20)17(10-14(18)19)12-5-3-2-4-6-12/h2-8H,9-10H2,1H3,(H,16,20)(H,18,19). The van der Waals surface area contributed by atoms with Gasteiger partial charge in [0, 0.05) is 5.69 Å². The highest BCUT2D eigenvalue weighted by Gasteiger charge is 2.18. The van der Waals surface area contributed by atoms with Crippen molar-refractivity contribution < 1.29 is 19.1 Å². The molecule has 0 atom stereocenters. The summed E-state index contributed by atoms with van der Waals surface area (Å²) >= 11 is 0. The normalized spacial score (nSPS) is 10.1. The molecular weight excluding hydrogens is 272 g/mol. The number of nitrogens with zero attached hydrogens (tertiary/aromatic N) is 1. The molecule has 1 aromatic heterocycles. The first-order chi connectivity index (χ1) is 10.1. The molecule has 0 aliphatic carbocycles. The lowest BCUT2D eigenvalue weighted by Crippen LogP contribution is -2.42. The molecule has 0 aliphatic heterocycles. The van der Waals surface area contributed by atoms with Crippen LogP contribution in [0, 0.1) is 6.92 Å². The summed E-state index contributed by atoms with van der Waals surface area (Å²) in [6.45, 7) is 1.61. The Labute approximate surface area is 122 Å². The second kappa shape index (κ2) is 6.60. The number of aliphatic carboxylic acids is 1. The molecule has 2 rings (SSSR count). The highest BCUT2D eigenvalue weighted by atomic mass is 16.4. The number of carboxylic acids is 1. The second-order valence-corrected chi connectivity index (χ2v) is 4.49. The number of urea groups is 1. The molecule has 1 aromatic carbocycles. The van der Waals surface area contributed by atoms with E-state index in [4.69, 9.17) is 9.52 Å². The molecule has 6 heteroatoms. The second-order valence-electron chi connectivity index (χ2n) is 4.49. The summed E-state index contributed by atoms with van der Waals surface area (Å²) in [7, 11) is 0. The number of anilines is 1. The van der Waals surface area contributed by atoms with E-state index in [9.17, 15) is 9.59 Å². The van der Waals surface area contributed by atoms with Crippen molar-refractivity contribution in [2.24, 2.45) is 0 Å². The summed E-state index contributed by atoms with van der Waals surface area (Å²) in [5.74, 6) is 0.289. The van der Waals surface area contributed by atoms with Gasteiger partial charge in [-0.2, -0.15) is 0 Å². The van der Waals surface area contributed by atoms with Crippen LogP contribution in [0.3, 0.4) is 0 Å². The minimum absolute atomic E-state index is 0.204.